The number of phenolic OH excluding ortho intramolecular Hbond substituents is 1. The summed E-state index contributed by atoms with van der Waals surface area (Å²) in [6.45, 7) is 6.27. The molecule has 0 aliphatic carbocycles. The minimum absolute atomic E-state index is 0.196. The molecule has 0 aliphatic rings. The van der Waals surface area contributed by atoms with Gasteiger partial charge in [-0.3, -0.25) is 9.79 Å². The SMILES string of the molecule is CC(C)CN=C(N)Nc1cc(C(C)NC(=O)c2ccc(OC(F)(F)F)cc2O)ccn1. The summed E-state index contributed by atoms with van der Waals surface area (Å²) in [5.74, 6) is -0.955. The normalized spacial score (nSPS) is 13.1. The third kappa shape index (κ3) is 7.68. The molecule has 2 rings (SSSR count). The number of guanidine groups is 1. The number of aliphatic imine (C=N–C) groups is 1. The van der Waals surface area contributed by atoms with E-state index in [0.29, 0.717) is 23.8 Å². The van der Waals surface area contributed by atoms with Crippen molar-refractivity contribution in [1.29, 1.82) is 0 Å². The van der Waals surface area contributed by atoms with Gasteiger partial charge in [-0.05, 0) is 42.7 Å². The standard InChI is InChI=1S/C20H24F3N5O3/c1-11(2)10-26-19(24)28-17-8-13(6-7-25-17)12(3)27-18(30)15-5-4-14(9-16(15)29)31-20(21,22)23/h4-9,11-12,29H,10H2,1-3H3,(H,27,30)(H3,24,25,26,28). The fourth-order valence-corrected chi connectivity index (χ4v) is 2.49. The molecule has 0 saturated heterocycles. The van der Waals surface area contributed by atoms with Crippen LogP contribution in [0.4, 0.5) is 19.0 Å². The summed E-state index contributed by atoms with van der Waals surface area (Å²) in [7, 11) is 0. The molecule has 0 aliphatic heterocycles. The van der Waals surface area contributed by atoms with Crippen LogP contribution in [-0.4, -0.2) is 34.9 Å². The summed E-state index contributed by atoms with van der Waals surface area (Å²) in [5.41, 5.74) is 6.31. The van der Waals surface area contributed by atoms with Gasteiger partial charge in [0.25, 0.3) is 5.91 Å². The molecule has 1 unspecified atom stereocenters. The molecule has 5 N–H and O–H groups in total. The second-order valence-electron chi connectivity index (χ2n) is 7.14. The maximum atomic E-state index is 12.5. The summed E-state index contributed by atoms with van der Waals surface area (Å²) in [5, 5.41) is 15.5. The van der Waals surface area contributed by atoms with Crippen LogP contribution in [0.1, 0.15) is 42.7 Å². The minimum atomic E-state index is -4.90. The first-order valence-electron chi connectivity index (χ1n) is 9.37. The van der Waals surface area contributed by atoms with Crippen LogP contribution in [-0.2, 0) is 0 Å². The second kappa shape index (κ2) is 10.0. The molecule has 168 valence electrons. The molecule has 11 heteroatoms. The van der Waals surface area contributed by atoms with Gasteiger partial charge in [0.15, 0.2) is 5.96 Å². The van der Waals surface area contributed by atoms with Crippen molar-refractivity contribution in [2.45, 2.75) is 33.2 Å². The number of carbonyl (C=O) groups is 1. The van der Waals surface area contributed by atoms with Crippen LogP contribution >= 0.6 is 0 Å². The van der Waals surface area contributed by atoms with E-state index < -0.39 is 29.8 Å². The Morgan fingerprint density at radius 3 is 2.58 bits per heavy atom. The lowest BCUT2D eigenvalue weighted by Crippen LogP contribution is -2.27. The quantitative estimate of drug-likeness (QED) is 0.387. The van der Waals surface area contributed by atoms with Crippen LogP contribution in [0, 0.1) is 5.92 Å². The number of hydrogen-bond donors (Lipinski definition) is 4. The summed E-state index contributed by atoms with van der Waals surface area (Å²) in [4.78, 5) is 20.8. The Labute approximate surface area is 177 Å². The molecular formula is C20H24F3N5O3. The van der Waals surface area contributed by atoms with Crippen molar-refractivity contribution >= 4 is 17.7 Å². The van der Waals surface area contributed by atoms with Gasteiger partial charge >= 0.3 is 6.36 Å². The fourth-order valence-electron chi connectivity index (χ4n) is 2.49. The zero-order valence-corrected chi connectivity index (χ0v) is 17.2. The van der Waals surface area contributed by atoms with Crippen LogP contribution in [0.15, 0.2) is 41.5 Å². The molecule has 0 spiro atoms. The molecule has 1 atom stereocenters. The monoisotopic (exact) mass is 439 g/mol. The summed E-state index contributed by atoms with van der Waals surface area (Å²) in [6.07, 6.45) is -3.38. The van der Waals surface area contributed by atoms with Crippen LogP contribution in [0.3, 0.4) is 0 Å². The maximum Gasteiger partial charge on any atom is 0.573 e. The largest absolute Gasteiger partial charge is 0.573 e. The number of pyridine rings is 1. The zero-order valence-electron chi connectivity index (χ0n) is 17.2. The van der Waals surface area contributed by atoms with Gasteiger partial charge in [-0.15, -0.1) is 13.2 Å². The zero-order chi connectivity index (χ0) is 23.2. The highest BCUT2D eigenvalue weighted by Crippen LogP contribution is 2.28. The van der Waals surface area contributed by atoms with Crippen molar-refractivity contribution in [2.75, 3.05) is 11.9 Å². The first-order chi connectivity index (χ1) is 14.4. The van der Waals surface area contributed by atoms with Crippen LogP contribution < -0.4 is 21.1 Å². The van der Waals surface area contributed by atoms with E-state index in [-0.39, 0.29) is 11.5 Å². The second-order valence-corrected chi connectivity index (χ2v) is 7.14. The molecule has 0 fully saturated rings. The topological polar surface area (TPSA) is 122 Å². The molecule has 2 aromatic rings. The van der Waals surface area contributed by atoms with Gasteiger partial charge in [-0.2, -0.15) is 0 Å². The number of aromatic hydroxyl groups is 1. The number of alkyl halides is 3. The van der Waals surface area contributed by atoms with E-state index in [0.717, 1.165) is 18.2 Å². The highest BCUT2D eigenvalue weighted by atomic mass is 19.4. The highest BCUT2D eigenvalue weighted by Gasteiger charge is 2.31. The maximum absolute atomic E-state index is 12.5. The Kier molecular flexibility index (Phi) is 7.67. The molecule has 31 heavy (non-hydrogen) atoms. The Bertz CT molecular complexity index is 948. The van der Waals surface area contributed by atoms with Gasteiger partial charge in [-0.1, -0.05) is 13.8 Å². The Hall–Kier alpha value is -3.50. The van der Waals surface area contributed by atoms with Gasteiger partial charge in [0, 0.05) is 18.8 Å². The molecule has 0 bridgehead atoms. The Morgan fingerprint density at radius 1 is 1.26 bits per heavy atom. The number of nitrogens with two attached hydrogens (primary N) is 1. The molecule has 1 aromatic carbocycles. The van der Waals surface area contributed by atoms with Crippen molar-refractivity contribution in [2.24, 2.45) is 16.6 Å². The number of hydrogen-bond acceptors (Lipinski definition) is 5. The first-order valence-corrected chi connectivity index (χ1v) is 9.37. The molecule has 1 aromatic heterocycles. The summed E-state index contributed by atoms with van der Waals surface area (Å²) in [6, 6.07) is 5.56. The lowest BCUT2D eigenvalue weighted by Gasteiger charge is -2.16. The van der Waals surface area contributed by atoms with Gasteiger partial charge in [0.1, 0.15) is 17.3 Å². The number of anilines is 1. The van der Waals surface area contributed by atoms with E-state index in [1.165, 1.54) is 6.20 Å². The molecule has 8 nitrogen and oxygen atoms in total. The molecular weight excluding hydrogens is 415 g/mol. The smallest absolute Gasteiger partial charge is 0.507 e. The van der Waals surface area contributed by atoms with E-state index in [4.69, 9.17) is 5.73 Å². The van der Waals surface area contributed by atoms with Crippen LogP contribution in [0.5, 0.6) is 11.5 Å². The molecule has 0 saturated carbocycles. The van der Waals surface area contributed by atoms with Crippen molar-refractivity contribution in [3.05, 3.63) is 47.7 Å². The Morgan fingerprint density at radius 2 is 1.97 bits per heavy atom. The van der Waals surface area contributed by atoms with Gasteiger partial charge in [0.05, 0.1) is 11.6 Å². The molecule has 1 heterocycles. The van der Waals surface area contributed by atoms with Gasteiger partial charge in [-0.25, -0.2) is 4.98 Å². The lowest BCUT2D eigenvalue weighted by molar-refractivity contribution is -0.274. The molecule has 0 radical (unpaired) electrons. The van der Waals surface area contributed by atoms with E-state index in [1.54, 1.807) is 19.1 Å². The average molecular weight is 439 g/mol. The van der Waals surface area contributed by atoms with E-state index in [9.17, 15) is 23.1 Å². The number of carbonyl (C=O) groups excluding carboxylic acids is 1. The minimum Gasteiger partial charge on any atom is -0.507 e. The number of nitrogens with one attached hydrogen (secondary N) is 2. The first kappa shape index (κ1) is 23.8. The number of benzene rings is 1. The van der Waals surface area contributed by atoms with Crippen molar-refractivity contribution < 1.29 is 27.8 Å². The van der Waals surface area contributed by atoms with Gasteiger partial charge < -0.3 is 26.2 Å². The number of amides is 1. The van der Waals surface area contributed by atoms with Crippen molar-refractivity contribution in [3.8, 4) is 11.5 Å². The number of nitrogens with zero attached hydrogens (tertiary/aromatic N) is 2. The number of halogens is 3. The van der Waals surface area contributed by atoms with Crippen molar-refractivity contribution in [1.82, 2.24) is 10.3 Å². The third-order valence-electron chi connectivity index (χ3n) is 3.96. The molecule has 1 amide bonds. The van der Waals surface area contributed by atoms with Crippen LogP contribution in [0.2, 0.25) is 0 Å². The summed E-state index contributed by atoms with van der Waals surface area (Å²) < 4.78 is 40.5. The predicted molar refractivity (Wildman–Crippen MR) is 110 cm³/mol. The lowest BCUT2D eigenvalue weighted by atomic mass is 10.1. The van der Waals surface area contributed by atoms with Crippen LogP contribution in [0.25, 0.3) is 0 Å². The van der Waals surface area contributed by atoms with Crippen molar-refractivity contribution in [3.63, 3.8) is 0 Å². The third-order valence-corrected chi connectivity index (χ3v) is 3.96. The number of aromatic nitrogens is 1. The average Bonchev–Trinajstić information content (AvgIpc) is 2.65. The summed E-state index contributed by atoms with van der Waals surface area (Å²) >= 11 is 0. The predicted octanol–water partition coefficient (Wildman–Crippen LogP) is 3.56. The Balaban J connectivity index is 2.07. The van der Waals surface area contributed by atoms with E-state index in [1.807, 2.05) is 13.8 Å². The number of phenols is 1. The highest BCUT2D eigenvalue weighted by molar-refractivity contribution is 5.97. The van der Waals surface area contributed by atoms with E-state index in [2.05, 4.69) is 25.3 Å². The number of ether oxygens (including phenoxy) is 1. The van der Waals surface area contributed by atoms with Gasteiger partial charge in [0.2, 0.25) is 0 Å². The number of rotatable bonds is 7. The fraction of sp³-hybridized carbons (Fsp3) is 0.350. The van der Waals surface area contributed by atoms with E-state index >= 15 is 0 Å².